The van der Waals surface area contributed by atoms with E-state index in [1.165, 1.54) is 5.56 Å². The number of aromatic hydroxyl groups is 1. The highest BCUT2D eigenvalue weighted by Crippen LogP contribution is 2.27. The number of aryl methyl sites for hydroxylation is 1. The van der Waals surface area contributed by atoms with Crippen LogP contribution in [-0.4, -0.2) is 11.4 Å². The summed E-state index contributed by atoms with van der Waals surface area (Å²) in [7, 11) is 0. The smallest absolute Gasteiger partial charge is 0.123 e. The van der Waals surface area contributed by atoms with Crippen LogP contribution in [0.5, 0.6) is 5.75 Å². The second-order valence-corrected chi connectivity index (χ2v) is 3.59. The molecule has 2 rings (SSSR count). The van der Waals surface area contributed by atoms with Gasteiger partial charge in [-0.2, -0.15) is 0 Å². The molecule has 1 aromatic carbocycles. The summed E-state index contributed by atoms with van der Waals surface area (Å²) in [4.78, 5) is 10.6. The molecule has 0 saturated carbocycles. The van der Waals surface area contributed by atoms with Gasteiger partial charge in [0.25, 0.3) is 0 Å². The summed E-state index contributed by atoms with van der Waals surface area (Å²) in [5, 5.41) is 9.26. The molecule has 0 bridgehead atoms. The van der Waals surface area contributed by atoms with Crippen molar-refractivity contribution in [2.24, 2.45) is 5.92 Å². The van der Waals surface area contributed by atoms with Gasteiger partial charge in [-0.25, -0.2) is 0 Å². The average molecular weight is 176 g/mol. The second-order valence-electron chi connectivity index (χ2n) is 3.59. The lowest BCUT2D eigenvalue weighted by atomic mass is 9.85. The van der Waals surface area contributed by atoms with Crippen molar-refractivity contribution in [3.63, 3.8) is 0 Å². The molecular formula is C11H12O2. The molecule has 13 heavy (non-hydrogen) atoms. The van der Waals surface area contributed by atoms with Crippen LogP contribution in [0.15, 0.2) is 18.2 Å². The number of phenolic OH excluding ortho intramolecular Hbond substituents is 1. The van der Waals surface area contributed by atoms with Crippen molar-refractivity contribution in [1.82, 2.24) is 0 Å². The third-order valence-corrected chi connectivity index (χ3v) is 2.65. The van der Waals surface area contributed by atoms with Crippen molar-refractivity contribution in [3.05, 3.63) is 29.3 Å². The predicted octanol–water partition coefficient (Wildman–Crippen LogP) is 1.70. The molecule has 0 radical (unpaired) electrons. The minimum Gasteiger partial charge on any atom is -0.508 e. The van der Waals surface area contributed by atoms with E-state index >= 15 is 0 Å². The molecule has 0 aliphatic heterocycles. The van der Waals surface area contributed by atoms with Crippen LogP contribution in [0, 0.1) is 5.92 Å². The van der Waals surface area contributed by atoms with Gasteiger partial charge in [-0.3, -0.25) is 0 Å². The number of hydrogen-bond acceptors (Lipinski definition) is 2. The third-order valence-electron chi connectivity index (χ3n) is 2.65. The topological polar surface area (TPSA) is 37.3 Å². The van der Waals surface area contributed by atoms with Crippen LogP contribution in [-0.2, 0) is 17.6 Å². The van der Waals surface area contributed by atoms with Crippen molar-refractivity contribution in [1.29, 1.82) is 0 Å². The highest BCUT2D eigenvalue weighted by molar-refractivity contribution is 5.56. The number of hydrogen-bond donors (Lipinski definition) is 1. The molecule has 0 aromatic heterocycles. The van der Waals surface area contributed by atoms with Crippen LogP contribution in [0.25, 0.3) is 0 Å². The van der Waals surface area contributed by atoms with Crippen molar-refractivity contribution in [2.75, 3.05) is 0 Å². The van der Waals surface area contributed by atoms with E-state index in [-0.39, 0.29) is 5.92 Å². The SMILES string of the molecule is O=CC1CCc2ccc(O)cc2C1. The maximum atomic E-state index is 10.6. The zero-order chi connectivity index (χ0) is 9.26. The molecule has 2 heteroatoms. The fourth-order valence-electron chi connectivity index (χ4n) is 1.89. The maximum Gasteiger partial charge on any atom is 0.123 e. The Hall–Kier alpha value is -1.31. The van der Waals surface area contributed by atoms with E-state index < -0.39 is 0 Å². The van der Waals surface area contributed by atoms with Gasteiger partial charge < -0.3 is 9.90 Å². The Morgan fingerprint density at radius 3 is 3.00 bits per heavy atom. The Labute approximate surface area is 77.2 Å². The molecule has 1 unspecified atom stereocenters. The van der Waals surface area contributed by atoms with Crippen LogP contribution in [0.1, 0.15) is 17.5 Å². The summed E-state index contributed by atoms with van der Waals surface area (Å²) in [6, 6.07) is 5.43. The van der Waals surface area contributed by atoms with Gasteiger partial charge in [0, 0.05) is 5.92 Å². The standard InChI is InChI=1S/C11H12O2/c12-7-8-1-2-9-3-4-11(13)6-10(9)5-8/h3-4,6-8,13H,1-2,5H2. The Bertz CT molecular complexity index is 331. The third kappa shape index (κ3) is 1.57. The van der Waals surface area contributed by atoms with Crippen molar-refractivity contribution < 1.29 is 9.90 Å². The largest absolute Gasteiger partial charge is 0.508 e. The molecule has 0 amide bonds. The highest BCUT2D eigenvalue weighted by Gasteiger charge is 2.17. The van der Waals surface area contributed by atoms with E-state index in [1.807, 2.05) is 6.07 Å². The number of fused-ring (bicyclic) bond motifs is 1. The normalized spacial score (nSPS) is 20.8. The monoisotopic (exact) mass is 176 g/mol. The van der Waals surface area contributed by atoms with Crippen LogP contribution in [0.2, 0.25) is 0 Å². The molecule has 1 aromatic rings. The minimum absolute atomic E-state index is 0.147. The minimum atomic E-state index is 0.147. The average Bonchev–Trinajstić information content (AvgIpc) is 2.16. The van der Waals surface area contributed by atoms with Crippen LogP contribution < -0.4 is 0 Å². The Morgan fingerprint density at radius 1 is 1.38 bits per heavy atom. The van der Waals surface area contributed by atoms with Crippen molar-refractivity contribution >= 4 is 6.29 Å². The summed E-state index contributed by atoms with van der Waals surface area (Å²) < 4.78 is 0. The summed E-state index contributed by atoms with van der Waals surface area (Å²) in [6.45, 7) is 0. The van der Waals surface area contributed by atoms with Gasteiger partial charge in [-0.1, -0.05) is 6.07 Å². The van der Waals surface area contributed by atoms with Gasteiger partial charge in [0.1, 0.15) is 12.0 Å². The molecule has 2 nitrogen and oxygen atoms in total. The lowest BCUT2D eigenvalue weighted by Gasteiger charge is -2.20. The zero-order valence-corrected chi connectivity index (χ0v) is 7.36. The maximum absolute atomic E-state index is 10.6. The number of aldehydes is 1. The van der Waals surface area contributed by atoms with Gasteiger partial charge in [0.15, 0.2) is 0 Å². The van der Waals surface area contributed by atoms with E-state index in [2.05, 4.69) is 0 Å². The van der Waals surface area contributed by atoms with E-state index in [0.717, 1.165) is 31.1 Å². The summed E-state index contributed by atoms with van der Waals surface area (Å²) >= 11 is 0. The quantitative estimate of drug-likeness (QED) is 0.661. The number of phenols is 1. The van der Waals surface area contributed by atoms with Crippen LogP contribution in [0.4, 0.5) is 0 Å². The predicted molar refractivity (Wildman–Crippen MR) is 49.7 cm³/mol. The second kappa shape index (κ2) is 3.21. The van der Waals surface area contributed by atoms with Gasteiger partial charge >= 0.3 is 0 Å². The fourth-order valence-corrected chi connectivity index (χ4v) is 1.89. The molecule has 0 fully saturated rings. The lowest BCUT2D eigenvalue weighted by molar-refractivity contribution is -0.111. The first-order chi connectivity index (χ1) is 6.29. The molecule has 1 N–H and O–H groups in total. The van der Waals surface area contributed by atoms with Gasteiger partial charge in [-0.15, -0.1) is 0 Å². The number of carbonyl (C=O) groups excluding carboxylic acids is 1. The number of carbonyl (C=O) groups is 1. The van der Waals surface area contributed by atoms with Gasteiger partial charge in [0.2, 0.25) is 0 Å². The van der Waals surface area contributed by atoms with E-state index in [0.29, 0.717) is 5.75 Å². The molecule has 1 atom stereocenters. The fraction of sp³-hybridized carbons (Fsp3) is 0.364. The molecule has 68 valence electrons. The molecular weight excluding hydrogens is 164 g/mol. The van der Waals surface area contributed by atoms with Crippen LogP contribution >= 0.6 is 0 Å². The van der Waals surface area contributed by atoms with Crippen molar-refractivity contribution in [2.45, 2.75) is 19.3 Å². The van der Waals surface area contributed by atoms with Gasteiger partial charge in [0.05, 0.1) is 0 Å². The first kappa shape index (κ1) is 8.30. The first-order valence-electron chi connectivity index (χ1n) is 4.55. The van der Waals surface area contributed by atoms with Crippen molar-refractivity contribution in [3.8, 4) is 5.75 Å². The van der Waals surface area contributed by atoms with Crippen LogP contribution in [0.3, 0.4) is 0 Å². The zero-order valence-electron chi connectivity index (χ0n) is 7.36. The molecule has 0 saturated heterocycles. The molecule has 1 aliphatic rings. The van der Waals surface area contributed by atoms with E-state index in [9.17, 15) is 9.90 Å². The number of rotatable bonds is 1. The van der Waals surface area contributed by atoms with E-state index in [4.69, 9.17) is 0 Å². The summed E-state index contributed by atoms with van der Waals surface area (Å²) in [5.74, 6) is 0.444. The molecule has 1 aliphatic carbocycles. The van der Waals surface area contributed by atoms with Gasteiger partial charge in [-0.05, 0) is 42.5 Å². The number of benzene rings is 1. The highest BCUT2D eigenvalue weighted by atomic mass is 16.3. The Kier molecular flexibility index (Phi) is 2.05. The Balaban J connectivity index is 2.32. The summed E-state index contributed by atoms with van der Waals surface area (Å²) in [5.41, 5.74) is 2.40. The summed E-state index contributed by atoms with van der Waals surface area (Å²) in [6.07, 6.45) is 3.71. The molecule has 0 heterocycles. The Morgan fingerprint density at radius 2 is 2.23 bits per heavy atom. The first-order valence-corrected chi connectivity index (χ1v) is 4.55. The van der Waals surface area contributed by atoms with E-state index in [1.54, 1.807) is 12.1 Å². The lowest BCUT2D eigenvalue weighted by Crippen LogP contribution is -2.14. The molecule has 0 spiro atoms.